The first-order valence-corrected chi connectivity index (χ1v) is 10.2. The molecule has 0 atom stereocenters. The van der Waals surface area contributed by atoms with Gasteiger partial charge in [0.15, 0.2) is 5.78 Å². The number of hydrogen-bond donors (Lipinski definition) is 0. The number of ether oxygens (including phenoxy) is 1. The molecule has 0 aliphatic heterocycles. The van der Waals surface area contributed by atoms with Crippen molar-refractivity contribution in [1.29, 1.82) is 0 Å². The third-order valence-corrected chi connectivity index (χ3v) is 4.74. The zero-order chi connectivity index (χ0) is 21.3. The van der Waals surface area contributed by atoms with E-state index in [4.69, 9.17) is 4.74 Å². The first kappa shape index (κ1) is 21.4. The Morgan fingerprint density at radius 2 is 1.67 bits per heavy atom. The van der Waals surface area contributed by atoms with Crippen LogP contribution in [0.15, 0.2) is 88.3 Å². The van der Waals surface area contributed by atoms with Crippen molar-refractivity contribution in [3.8, 4) is 5.75 Å². The maximum Gasteiger partial charge on any atom is 0.204 e. The standard InChI is InChI=1S/C25H20BrNO3/c1-2-30-23-13-9-19(10-14-23)25(29)17-27-22-5-3-4-20(16-22)24(28)15-8-18-6-11-21(26)12-7-18/h3-17H,2H2,1H3. The lowest BCUT2D eigenvalue weighted by atomic mass is 10.1. The Hall–Kier alpha value is -3.31. The van der Waals surface area contributed by atoms with Crippen molar-refractivity contribution in [2.75, 3.05) is 6.61 Å². The van der Waals surface area contributed by atoms with E-state index in [9.17, 15) is 9.59 Å². The molecule has 4 nitrogen and oxygen atoms in total. The molecule has 5 heteroatoms. The average Bonchev–Trinajstić information content (AvgIpc) is 2.78. The Balaban J connectivity index is 1.67. The second kappa shape index (κ2) is 10.5. The van der Waals surface area contributed by atoms with Crippen LogP contribution in [0.5, 0.6) is 5.75 Å². The van der Waals surface area contributed by atoms with E-state index in [2.05, 4.69) is 20.9 Å². The molecule has 30 heavy (non-hydrogen) atoms. The summed E-state index contributed by atoms with van der Waals surface area (Å²) >= 11 is 3.39. The number of allylic oxidation sites excluding steroid dienone is 1. The first-order chi connectivity index (χ1) is 14.5. The van der Waals surface area contributed by atoms with Gasteiger partial charge in [0.05, 0.1) is 18.5 Å². The fourth-order valence-electron chi connectivity index (χ4n) is 2.67. The second-order valence-electron chi connectivity index (χ2n) is 6.38. The Bertz CT molecular complexity index is 1080. The van der Waals surface area contributed by atoms with Gasteiger partial charge in [-0.3, -0.25) is 14.6 Å². The molecule has 0 unspecified atom stereocenters. The highest BCUT2D eigenvalue weighted by atomic mass is 79.9. The van der Waals surface area contributed by atoms with Crippen LogP contribution in [0.1, 0.15) is 33.2 Å². The van der Waals surface area contributed by atoms with Crippen LogP contribution in [0, 0.1) is 0 Å². The van der Waals surface area contributed by atoms with Crippen molar-refractivity contribution in [2.45, 2.75) is 6.92 Å². The van der Waals surface area contributed by atoms with Gasteiger partial charge in [0, 0.05) is 15.6 Å². The first-order valence-electron chi connectivity index (χ1n) is 9.44. The quantitative estimate of drug-likeness (QED) is 0.223. The SMILES string of the molecule is CCOc1ccc(C(=O)C=Nc2cccc(C(=O)C=Cc3ccc(Br)cc3)c2)cc1. The minimum absolute atomic E-state index is 0.132. The minimum atomic E-state index is -0.218. The van der Waals surface area contributed by atoms with Crippen molar-refractivity contribution < 1.29 is 14.3 Å². The predicted octanol–water partition coefficient (Wildman–Crippen LogP) is 6.33. The van der Waals surface area contributed by atoms with E-state index in [1.54, 1.807) is 54.6 Å². The highest BCUT2D eigenvalue weighted by Gasteiger charge is 2.05. The minimum Gasteiger partial charge on any atom is -0.494 e. The molecule has 0 fully saturated rings. The van der Waals surface area contributed by atoms with E-state index in [0.29, 0.717) is 29.2 Å². The smallest absolute Gasteiger partial charge is 0.204 e. The van der Waals surface area contributed by atoms with Gasteiger partial charge >= 0.3 is 0 Å². The van der Waals surface area contributed by atoms with Crippen LogP contribution in [-0.4, -0.2) is 24.4 Å². The van der Waals surface area contributed by atoms with E-state index in [1.807, 2.05) is 31.2 Å². The van der Waals surface area contributed by atoms with Gasteiger partial charge in [-0.25, -0.2) is 0 Å². The van der Waals surface area contributed by atoms with Gasteiger partial charge < -0.3 is 4.74 Å². The fourth-order valence-corrected chi connectivity index (χ4v) is 2.94. The third kappa shape index (κ3) is 6.09. The molecule has 0 N–H and O–H groups in total. The molecular formula is C25H20BrNO3. The molecule has 3 aromatic carbocycles. The average molecular weight is 462 g/mol. The maximum atomic E-state index is 12.5. The molecule has 0 aliphatic rings. The Kier molecular flexibility index (Phi) is 7.46. The van der Waals surface area contributed by atoms with E-state index in [1.165, 1.54) is 12.3 Å². The van der Waals surface area contributed by atoms with Crippen molar-refractivity contribution in [3.05, 3.63) is 100 Å². The Morgan fingerprint density at radius 3 is 2.37 bits per heavy atom. The highest BCUT2D eigenvalue weighted by Crippen LogP contribution is 2.17. The summed E-state index contributed by atoms with van der Waals surface area (Å²) in [6, 6.07) is 21.5. The van der Waals surface area contributed by atoms with Crippen molar-refractivity contribution in [2.24, 2.45) is 4.99 Å². The molecule has 3 aromatic rings. The van der Waals surface area contributed by atoms with Crippen molar-refractivity contribution in [1.82, 2.24) is 0 Å². The highest BCUT2D eigenvalue weighted by molar-refractivity contribution is 9.10. The van der Waals surface area contributed by atoms with Crippen LogP contribution in [0.2, 0.25) is 0 Å². The topological polar surface area (TPSA) is 55.7 Å². The van der Waals surface area contributed by atoms with Gasteiger partial charge in [-0.2, -0.15) is 0 Å². The third-order valence-electron chi connectivity index (χ3n) is 4.21. The molecule has 0 saturated carbocycles. The van der Waals surface area contributed by atoms with Crippen LogP contribution in [0.25, 0.3) is 6.08 Å². The lowest BCUT2D eigenvalue weighted by Crippen LogP contribution is -2.00. The molecule has 0 aliphatic carbocycles. The van der Waals surface area contributed by atoms with Gasteiger partial charge in [0.1, 0.15) is 5.75 Å². The zero-order valence-electron chi connectivity index (χ0n) is 16.4. The van der Waals surface area contributed by atoms with Gasteiger partial charge in [0.25, 0.3) is 0 Å². The number of ketones is 2. The molecule has 0 spiro atoms. The number of benzene rings is 3. The molecule has 3 rings (SSSR count). The monoisotopic (exact) mass is 461 g/mol. The van der Waals surface area contributed by atoms with E-state index >= 15 is 0 Å². The van der Waals surface area contributed by atoms with Crippen molar-refractivity contribution >= 4 is 45.5 Å². The van der Waals surface area contributed by atoms with Crippen LogP contribution in [0.4, 0.5) is 5.69 Å². The Labute approximate surface area is 184 Å². The number of hydrogen-bond acceptors (Lipinski definition) is 4. The van der Waals surface area contributed by atoms with E-state index in [-0.39, 0.29) is 11.6 Å². The number of halogens is 1. The summed E-state index contributed by atoms with van der Waals surface area (Å²) in [6.45, 7) is 2.48. The summed E-state index contributed by atoms with van der Waals surface area (Å²) in [7, 11) is 0. The van der Waals surface area contributed by atoms with Crippen LogP contribution < -0.4 is 4.74 Å². The van der Waals surface area contributed by atoms with Gasteiger partial charge in [0.2, 0.25) is 5.78 Å². The molecule has 0 amide bonds. The van der Waals surface area contributed by atoms with Crippen LogP contribution in [-0.2, 0) is 0 Å². The summed E-state index contributed by atoms with van der Waals surface area (Å²) in [4.78, 5) is 29.0. The van der Waals surface area contributed by atoms with E-state index < -0.39 is 0 Å². The molecule has 0 radical (unpaired) electrons. The maximum absolute atomic E-state index is 12.5. The van der Waals surface area contributed by atoms with Crippen LogP contribution >= 0.6 is 15.9 Å². The number of Topliss-reactive ketones (excluding diaryl/α,β-unsaturated/α-hetero) is 1. The van der Waals surface area contributed by atoms with Gasteiger partial charge in [-0.15, -0.1) is 0 Å². The largest absolute Gasteiger partial charge is 0.494 e. The predicted molar refractivity (Wildman–Crippen MR) is 124 cm³/mol. The molecule has 150 valence electrons. The van der Waals surface area contributed by atoms with Crippen molar-refractivity contribution in [3.63, 3.8) is 0 Å². The number of carbonyl (C=O) groups excluding carboxylic acids is 2. The van der Waals surface area contributed by atoms with Crippen LogP contribution in [0.3, 0.4) is 0 Å². The summed E-state index contributed by atoms with van der Waals surface area (Å²) in [6.07, 6.45) is 4.55. The summed E-state index contributed by atoms with van der Waals surface area (Å²) in [5.41, 5.74) is 2.50. The molecule has 0 bridgehead atoms. The molecule has 0 heterocycles. The zero-order valence-corrected chi connectivity index (χ0v) is 18.0. The molecule has 0 saturated heterocycles. The fraction of sp³-hybridized carbons (Fsp3) is 0.0800. The number of carbonyl (C=O) groups is 2. The number of rotatable bonds is 8. The normalized spacial score (nSPS) is 11.1. The lowest BCUT2D eigenvalue weighted by molar-refractivity contribution is 0.104. The number of aliphatic imine (C=N–C) groups is 1. The van der Waals surface area contributed by atoms with Gasteiger partial charge in [-0.1, -0.05) is 46.3 Å². The second-order valence-corrected chi connectivity index (χ2v) is 7.29. The van der Waals surface area contributed by atoms with E-state index in [0.717, 1.165) is 10.0 Å². The lowest BCUT2D eigenvalue weighted by Gasteiger charge is -2.02. The summed E-state index contributed by atoms with van der Waals surface area (Å²) < 4.78 is 6.36. The summed E-state index contributed by atoms with van der Waals surface area (Å²) in [5, 5.41) is 0. The summed E-state index contributed by atoms with van der Waals surface area (Å²) in [5.74, 6) is 0.367. The van der Waals surface area contributed by atoms with Gasteiger partial charge in [-0.05, 0) is 67.1 Å². The molecular weight excluding hydrogens is 442 g/mol. The number of nitrogens with zero attached hydrogens (tertiary/aromatic N) is 1. The Morgan fingerprint density at radius 1 is 0.933 bits per heavy atom. The molecule has 0 aromatic heterocycles.